The molecule has 56 heavy (non-hydrogen) atoms. The number of aromatic nitrogens is 2. The van der Waals surface area contributed by atoms with E-state index in [-0.39, 0.29) is 35.6 Å². The molecule has 2 fully saturated rings. The highest BCUT2D eigenvalue weighted by atomic mass is 16.5. The lowest BCUT2D eigenvalue weighted by Gasteiger charge is -2.30. The number of nitrogens with one attached hydrogen (secondary N) is 1. The van der Waals surface area contributed by atoms with Crippen LogP contribution in [0.1, 0.15) is 74.5 Å². The van der Waals surface area contributed by atoms with E-state index in [1.807, 2.05) is 50.2 Å². The number of ketones is 1. The molecule has 13 heteroatoms. The third kappa shape index (κ3) is 9.23. The predicted octanol–water partition coefficient (Wildman–Crippen LogP) is 6.05. The number of rotatable bonds is 14. The molecule has 294 valence electrons. The number of hydrogen-bond donors (Lipinski definition) is 3. The van der Waals surface area contributed by atoms with Gasteiger partial charge in [-0.3, -0.25) is 38.9 Å². The molecule has 0 spiro atoms. The molecule has 6 rings (SSSR count). The number of piperidine rings is 2. The topological polar surface area (TPSA) is 171 Å². The number of carbonyl (C=O) groups is 4. The minimum Gasteiger partial charge on any atom is -0.496 e. The Morgan fingerprint density at radius 1 is 0.696 bits per heavy atom. The number of ether oxygens (including phenoxy) is 2. The van der Waals surface area contributed by atoms with Gasteiger partial charge < -0.3 is 25.0 Å². The zero-order valence-corrected chi connectivity index (χ0v) is 32.3. The summed E-state index contributed by atoms with van der Waals surface area (Å²) < 4.78 is 11.3. The number of amides is 1. The van der Waals surface area contributed by atoms with E-state index in [0.717, 1.165) is 38.9 Å². The molecule has 0 saturated carbocycles. The molecule has 1 amide bonds. The van der Waals surface area contributed by atoms with Crippen molar-refractivity contribution in [1.82, 2.24) is 19.8 Å². The SMILES string of the molecule is COc1cc(C(=O)Cc2cccc(-c3cccc(NC(=O)c4cc(OC)c(CN5CCC(C(=O)O)CC5)cn4)c3C)c2C)ncc1CN1CCC(C(=O)O)CC1. The van der Waals surface area contributed by atoms with E-state index in [1.165, 1.54) is 0 Å². The second-order valence-electron chi connectivity index (χ2n) is 14.7. The second kappa shape index (κ2) is 17.9. The van der Waals surface area contributed by atoms with Gasteiger partial charge in [0.1, 0.15) is 22.9 Å². The van der Waals surface area contributed by atoms with Crippen LogP contribution in [0.2, 0.25) is 0 Å². The summed E-state index contributed by atoms with van der Waals surface area (Å²) in [5, 5.41) is 21.7. The molecular formula is C43H49N5O8. The number of likely N-dealkylation sites (tertiary alicyclic amines) is 2. The normalized spacial score (nSPS) is 15.6. The molecule has 2 aliphatic rings. The lowest BCUT2D eigenvalue weighted by atomic mass is 9.91. The highest BCUT2D eigenvalue weighted by molar-refractivity contribution is 6.04. The fourth-order valence-electron chi connectivity index (χ4n) is 7.66. The Hall–Kier alpha value is -5.66. The van der Waals surface area contributed by atoms with Crippen molar-refractivity contribution >= 4 is 29.3 Å². The molecule has 0 bridgehead atoms. The lowest BCUT2D eigenvalue weighted by molar-refractivity contribution is -0.144. The van der Waals surface area contributed by atoms with E-state index >= 15 is 0 Å². The summed E-state index contributed by atoms with van der Waals surface area (Å²) in [6.07, 6.45) is 5.84. The zero-order valence-electron chi connectivity index (χ0n) is 32.3. The number of benzene rings is 2. The first-order valence-electron chi connectivity index (χ1n) is 18.9. The number of pyridine rings is 2. The molecule has 2 aliphatic heterocycles. The molecule has 3 N–H and O–H groups in total. The van der Waals surface area contributed by atoms with Crippen molar-refractivity contribution in [2.24, 2.45) is 11.8 Å². The first-order valence-corrected chi connectivity index (χ1v) is 18.9. The maximum atomic E-state index is 13.6. The minimum atomic E-state index is -0.751. The first-order chi connectivity index (χ1) is 26.9. The molecule has 0 aliphatic carbocycles. The summed E-state index contributed by atoms with van der Waals surface area (Å²) in [6.45, 7) is 7.71. The average Bonchev–Trinajstić information content (AvgIpc) is 3.20. The number of nitrogens with zero attached hydrogens (tertiary/aromatic N) is 4. The lowest BCUT2D eigenvalue weighted by Crippen LogP contribution is -2.36. The van der Waals surface area contributed by atoms with Crippen LogP contribution >= 0.6 is 0 Å². The summed E-state index contributed by atoms with van der Waals surface area (Å²) in [5.74, 6) is -1.54. The van der Waals surface area contributed by atoms with Gasteiger partial charge in [0.2, 0.25) is 0 Å². The molecule has 2 aromatic carbocycles. The van der Waals surface area contributed by atoms with E-state index in [9.17, 15) is 29.4 Å². The summed E-state index contributed by atoms with van der Waals surface area (Å²) in [6, 6.07) is 14.9. The highest BCUT2D eigenvalue weighted by Gasteiger charge is 2.27. The predicted molar refractivity (Wildman–Crippen MR) is 210 cm³/mol. The molecular weight excluding hydrogens is 714 g/mol. The van der Waals surface area contributed by atoms with Gasteiger partial charge in [-0.1, -0.05) is 30.3 Å². The Kier molecular flexibility index (Phi) is 12.8. The van der Waals surface area contributed by atoms with Gasteiger partial charge in [0.25, 0.3) is 5.91 Å². The number of anilines is 1. The van der Waals surface area contributed by atoms with E-state index in [0.29, 0.717) is 87.8 Å². The van der Waals surface area contributed by atoms with Crippen molar-refractivity contribution in [3.63, 3.8) is 0 Å². The fourth-order valence-corrected chi connectivity index (χ4v) is 7.66. The van der Waals surface area contributed by atoms with Crippen LogP contribution in [0, 0.1) is 25.7 Å². The molecule has 4 aromatic rings. The van der Waals surface area contributed by atoms with Crippen LogP contribution in [0.3, 0.4) is 0 Å². The summed E-state index contributed by atoms with van der Waals surface area (Å²) in [5.41, 5.74) is 7.31. The maximum Gasteiger partial charge on any atom is 0.306 e. The third-order valence-corrected chi connectivity index (χ3v) is 11.2. The van der Waals surface area contributed by atoms with Crippen LogP contribution < -0.4 is 14.8 Å². The minimum absolute atomic E-state index is 0.136. The number of aliphatic carboxylic acids is 2. The van der Waals surface area contributed by atoms with Crippen molar-refractivity contribution < 1.29 is 38.9 Å². The number of carbonyl (C=O) groups excluding carboxylic acids is 2. The third-order valence-electron chi connectivity index (χ3n) is 11.2. The largest absolute Gasteiger partial charge is 0.496 e. The molecule has 4 heterocycles. The first kappa shape index (κ1) is 40.0. The van der Waals surface area contributed by atoms with Crippen molar-refractivity contribution in [3.05, 3.63) is 100 Å². The van der Waals surface area contributed by atoms with Crippen LogP contribution in [-0.4, -0.2) is 94.0 Å². The molecule has 2 aromatic heterocycles. The molecule has 0 unspecified atom stereocenters. The van der Waals surface area contributed by atoms with Crippen molar-refractivity contribution in [3.8, 4) is 22.6 Å². The van der Waals surface area contributed by atoms with E-state index in [1.54, 1.807) is 38.7 Å². The molecule has 13 nitrogen and oxygen atoms in total. The Morgan fingerprint density at radius 2 is 1.18 bits per heavy atom. The van der Waals surface area contributed by atoms with Gasteiger partial charge in [-0.25, -0.2) is 0 Å². The Bertz CT molecular complexity index is 1960. The van der Waals surface area contributed by atoms with Gasteiger partial charge in [0.15, 0.2) is 5.78 Å². The van der Waals surface area contributed by atoms with Crippen molar-refractivity contribution in [2.75, 3.05) is 45.7 Å². The van der Waals surface area contributed by atoms with Gasteiger partial charge in [0, 0.05) is 60.9 Å². The van der Waals surface area contributed by atoms with Crippen LogP contribution in [0.15, 0.2) is 60.9 Å². The number of Topliss-reactive ketones (excluding diaryl/α,β-unsaturated/α-hetero) is 1. The summed E-state index contributed by atoms with van der Waals surface area (Å²) >= 11 is 0. The Morgan fingerprint density at radius 3 is 1.70 bits per heavy atom. The van der Waals surface area contributed by atoms with Crippen molar-refractivity contribution in [2.45, 2.75) is 59.0 Å². The van der Waals surface area contributed by atoms with E-state index in [2.05, 4.69) is 25.1 Å². The summed E-state index contributed by atoms with van der Waals surface area (Å²) in [4.78, 5) is 63.1. The Labute approximate surface area is 326 Å². The van der Waals surface area contributed by atoms with Gasteiger partial charge in [-0.05, 0) is 99.6 Å². The van der Waals surface area contributed by atoms with Crippen LogP contribution in [0.5, 0.6) is 11.5 Å². The second-order valence-corrected chi connectivity index (χ2v) is 14.7. The number of hydrogen-bond acceptors (Lipinski definition) is 10. The maximum absolute atomic E-state index is 13.6. The van der Waals surface area contributed by atoms with Crippen LogP contribution in [0.25, 0.3) is 11.1 Å². The van der Waals surface area contributed by atoms with Gasteiger partial charge in [-0.15, -0.1) is 0 Å². The van der Waals surface area contributed by atoms with Gasteiger partial charge in [0.05, 0.1) is 26.1 Å². The van der Waals surface area contributed by atoms with Gasteiger partial charge >= 0.3 is 11.9 Å². The molecule has 0 radical (unpaired) electrons. The Balaban J connectivity index is 1.12. The summed E-state index contributed by atoms with van der Waals surface area (Å²) in [7, 11) is 3.12. The number of methoxy groups -OCH3 is 2. The average molecular weight is 764 g/mol. The molecule has 0 atom stereocenters. The van der Waals surface area contributed by atoms with Crippen LogP contribution in [0.4, 0.5) is 5.69 Å². The monoisotopic (exact) mass is 763 g/mol. The van der Waals surface area contributed by atoms with Crippen LogP contribution in [-0.2, 0) is 29.1 Å². The quantitative estimate of drug-likeness (QED) is 0.127. The number of carboxylic acid groups (broad SMARTS) is 2. The van der Waals surface area contributed by atoms with Crippen molar-refractivity contribution in [1.29, 1.82) is 0 Å². The zero-order chi connectivity index (χ0) is 39.9. The van der Waals surface area contributed by atoms with Gasteiger partial charge in [-0.2, -0.15) is 0 Å². The molecule has 2 saturated heterocycles. The fraction of sp³-hybridized carbons (Fsp3) is 0.395. The van der Waals surface area contributed by atoms with E-state index < -0.39 is 11.9 Å². The highest BCUT2D eigenvalue weighted by Crippen LogP contribution is 2.33. The number of carboxylic acids is 2. The van der Waals surface area contributed by atoms with E-state index in [4.69, 9.17) is 9.47 Å². The smallest absolute Gasteiger partial charge is 0.306 e. The standard InChI is InChI=1S/C43H49N5O8/c1-26-30(19-38(49)36-20-39(55-3)31(22-44-36)24-47-15-11-28(12-16-47)42(51)52)7-5-8-33(26)34-9-6-10-35(27(34)2)46-41(50)37-21-40(56-4)32(23-45-37)25-48-17-13-29(14-18-48)43(53)54/h5-10,20-23,28-29H,11-19,24-25H2,1-4H3,(H,46,50)(H,51,52)(H,53,54).